The molecule has 3 aromatic rings. The smallest absolute Gasteiger partial charge is 0.194 e. The van der Waals surface area contributed by atoms with Crippen LogP contribution in [0.5, 0.6) is 11.5 Å². The van der Waals surface area contributed by atoms with Crippen molar-refractivity contribution in [2.24, 2.45) is 4.99 Å². The number of rotatable bonds is 7. The van der Waals surface area contributed by atoms with Crippen molar-refractivity contribution >= 4 is 29.9 Å². The zero-order chi connectivity index (χ0) is 22.2. The molecule has 0 bridgehead atoms. The van der Waals surface area contributed by atoms with Crippen molar-refractivity contribution < 1.29 is 9.47 Å². The number of H-pyrrole nitrogens is 1. The van der Waals surface area contributed by atoms with Crippen LogP contribution in [0.1, 0.15) is 25.6 Å². The molecule has 2 N–H and O–H groups in total. The highest BCUT2D eigenvalue weighted by atomic mass is 127. The van der Waals surface area contributed by atoms with Gasteiger partial charge in [0.1, 0.15) is 30.0 Å². The standard InChI is InChI=1S/C24H30N6O2.HI/c1-3-25-24(30-15-13-21(14-16-30)32-20-7-5-4-6-8-20)26-17-22-27-23(29-28-22)18-9-11-19(31-2)12-10-18;/h4-12,21H,3,13-17H2,1-2H3,(H,25,26)(H,27,28,29);1H. The van der Waals surface area contributed by atoms with Crippen LogP contribution >= 0.6 is 24.0 Å². The lowest BCUT2D eigenvalue weighted by atomic mass is 10.1. The van der Waals surface area contributed by atoms with Crippen molar-refractivity contribution in [2.45, 2.75) is 32.4 Å². The Balaban J connectivity index is 0.00000306. The van der Waals surface area contributed by atoms with E-state index >= 15 is 0 Å². The monoisotopic (exact) mass is 562 g/mol. The fourth-order valence-electron chi connectivity index (χ4n) is 3.69. The number of ether oxygens (including phenoxy) is 2. The highest BCUT2D eigenvalue weighted by Crippen LogP contribution is 2.20. The van der Waals surface area contributed by atoms with Crippen LogP contribution in [0, 0.1) is 0 Å². The second-order valence-corrected chi connectivity index (χ2v) is 7.62. The minimum atomic E-state index is 0. The Bertz CT molecular complexity index is 1000. The number of benzene rings is 2. The van der Waals surface area contributed by atoms with Gasteiger partial charge in [0.25, 0.3) is 0 Å². The molecule has 1 aliphatic heterocycles. The molecule has 0 radical (unpaired) electrons. The molecule has 1 aliphatic rings. The summed E-state index contributed by atoms with van der Waals surface area (Å²) in [6.45, 7) is 5.13. The van der Waals surface area contributed by atoms with Crippen molar-refractivity contribution in [2.75, 3.05) is 26.7 Å². The summed E-state index contributed by atoms with van der Waals surface area (Å²) in [7, 11) is 1.65. The molecule has 1 saturated heterocycles. The maximum absolute atomic E-state index is 6.11. The Morgan fingerprint density at radius 3 is 2.48 bits per heavy atom. The predicted octanol–water partition coefficient (Wildman–Crippen LogP) is 4.11. The molecule has 1 fully saturated rings. The third-order valence-corrected chi connectivity index (χ3v) is 5.38. The third-order valence-electron chi connectivity index (χ3n) is 5.38. The first kappa shape index (κ1) is 24.8. The Kier molecular flexibility index (Phi) is 9.35. The summed E-state index contributed by atoms with van der Waals surface area (Å²) in [5, 5.41) is 10.7. The van der Waals surface area contributed by atoms with Crippen LogP contribution in [0.2, 0.25) is 0 Å². The van der Waals surface area contributed by atoms with Crippen LogP contribution in [-0.4, -0.2) is 58.9 Å². The summed E-state index contributed by atoms with van der Waals surface area (Å²) in [6, 6.07) is 17.7. The number of nitrogens with one attached hydrogen (secondary N) is 2. The van der Waals surface area contributed by atoms with E-state index < -0.39 is 0 Å². The van der Waals surface area contributed by atoms with E-state index in [0.29, 0.717) is 12.4 Å². The number of methoxy groups -OCH3 is 1. The normalized spacial score (nSPS) is 14.5. The zero-order valence-electron chi connectivity index (χ0n) is 19.0. The van der Waals surface area contributed by atoms with Gasteiger partial charge in [-0.1, -0.05) is 18.2 Å². The zero-order valence-corrected chi connectivity index (χ0v) is 21.4. The highest BCUT2D eigenvalue weighted by Gasteiger charge is 2.22. The van der Waals surface area contributed by atoms with Crippen molar-refractivity contribution in [3.05, 3.63) is 60.4 Å². The molecular weight excluding hydrogens is 531 g/mol. The molecule has 4 rings (SSSR count). The second kappa shape index (κ2) is 12.4. The van der Waals surface area contributed by atoms with Crippen LogP contribution in [0.15, 0.2) is 59.6 Å². The minimum Gasteiger partial charge on any atom is -0.497 e. The predicted molar refractivity (Wildman–Crippen MR) is 140 cm³/mol. The molecule has 0 atom stereocenters. The molecule has 2 heterocycles. The first-order valence-corrected chi connectivity index (χ1v) is 11.1. The minimum absolute atomic E-state index is 0. The molecule has 1 aromatic heterocycles. The lowest BCUT2D eigenvalue weighted by Crippen LogP contribution is -2.47. The third kappa shape index (κ3) is 6.83. The molecule has 176 valence electrons. The second-order valence-electron chi connectivity index (χ2n) is 7.62. The van der Waals surface area contributed by atoms with Crippen molar-refractivity contribution in [3.63, 3.8) is 0 Å². The van der Waals surface area contributed by atoms with Crippen molar-refractivity contribution in [1.82, 2.24) is 25.4 Å². The molecule has 0 spiro atoms. The Hall–Kier alpha value is -2.82. The molecular formula is C24H31IN6O2. The summed E-state index contributed by atoms with van der Waals surface area (Å²) in [5.41, 5.74) is 0.935. The Morgan fingerprint density at radius 1 is 1.09 bits per heavy atom. The first-order chi connectivity index (χ1) is 15.7. The quantitative estimate of drug-likeness (QED) is 0.256. The number of piperidine rings is 1. The number of hydrogen-bond acceptors (Lipinski definition) is 5. The van der Waals surface area contributed by atoms with E-state index in [1.165, 1.54) is 0 Å². The molecule has 33 heavy (non-hydrogen) atoms. The van der Waals surface area contributed by atoms with Gasteiger partial charge in [0.05, 0.1) is 7.11 Å². The van der Waals surface area contributed by atoms with E-state index in [1.807, 2.05) is 54.6 Å². The van der Waals surface area contributed by atoms with E-state index in [-0.39, 0.29) is 30.1 Å². The van der Waals surface area contributed by atoms with Gasteiger partial charge in [-0.15, -0.1) is 24.0 Å². The van der Waals surface area contributed by atoms with Gasteiger partial charge in [0.15, 0.2) is 11.8 Å². The van der Waals surface area contributed by atoms with Crippen LogP contribution in [-0.2, 0) is 6.54 Å². The summed E-state index contributed by atoms with van der Waals surface area (Å²) in [6.07, 6.45) is 2.16. The summed E-state index contributed by atoms with van der Waals surface area (Å²) in [5.74, 6) is 4.02. The number of likely N-dealkylation sites (tertiary alicyclic amines) is 1. The number of halogens is 1. The fourth-order valence-corrected chi connectivity index (χ4v) is 3.69. The lowest BCUT2D eigenvalue weighted by molar-refractivity contribution is 0.129. The first-order valence-electron chi connectivity index (χ1n) is 11.1. The lowest BCUT2D eigenvalue weighted by Gasteiger charge is -2.34. The topological polar surface area (TPSA) is 87.7 Å². The number of guanidine groups is 1. The molecule has 2 aromatic carbocycles. The van der Waals surface area contributed by atoms with Crippen molar-refractivity contribution in [1.29, 1.82) is 0 Å². The summed E-state index contributed by atoms with van der Waals surface area (Å²) < 4.78 is 11.3. The SMILES string of the molecule is CCNC(=NCc1nc(-c2ccc(OC)cc2)n[nH]1)N1CCC(Oc2ccccc2)CC1.I. The van der Waals surface area contributed by atoms with Crippen LogP contribution in [0.3, 0.4) is 0 Å². The highest BCUT2D eigenvalue weighted by molar-refractivity contribution is 14.0. The van der Waals surface area contributed by atoms with Gasteiger partial charge in [0, 0.05) is 38.0 Å². The molecule has 9 heteroatoms. The largest absolute Gasteiger partial charge is 0.497 e. The van der Waals surface area contributed by atoms with E-state index in [2.05, 4.69) is 32.3 Å². The average molecular weight is 562 g/mol. The average Bonchev–Trinajstić information content (AvgIpc) is 3.32. The number of aliphatic imine (C=N–C) groups is 1. The van der Waals surface area contributed by atoms with Crippen molar-refractivity contribution in [3.8, 4) is 22.9 Å². The molecule has 0 saturated carbocycles. The van der Waals surface area contributed by atoms with Gasteiger partial charge in [-0.3, -0.25) is 5.10 Å². The Labute approximate surface area is 211 Å². The summed E-state index contributed by atoms with van der Waals surface area (Å²) >= 11 is 0. The molecule has 0 unspecified atom stereocenters. The van der Waals surface area contributed by atoms with E-state index in [0.717, 1.165) is 61.3 Å². The van der Waals surface area contributed by atoms with Gasteiger partial charge in [-0.05, 0) is 43.3 Å². The van der Waals surface area contributed by atoms with E-state index in [4.69, 9.17) is 14.5 Å². The maximum atomic E-state index is 6.11. The van der Waals surface area contributed by atoms with E-state index in [9.17, 15) is 0 Å². The van der Waals surface area contributed by atoms with Gasteiger partial charge >= 0.3 is 0 Å². The number of aromatic amines is 1. The fraction of sp³-hybridized carbons (Fsp3) is 0.375. The van der Waals surface area contributed by atoms with Gasteiger partial charge < -0.3 is 19.7 Å². The van der Waals surface area contributed by atoms with Gasteiger partial charge in [0.2, 0.25) is 0 Å². The van der Waals surface area contributed by atoms with E-state index in [1.54, 1.807) is 7.11 Å². The molecule has 0 aliphatic carbocycles. The number of para-hydroxylation sites is 1. The number of nitrogens with zero attached hydrogens (tertiary/aromatic N) is 4. The summed E-state index contributed by atoms with van der Waals surface area (Å²) in [4.78, 5) is 11.7. The van der Waals surface area contributed by atoms with Gasteiger partial charge in [-0.2, -0.15) is 5.10 Å². The Morgan fingerprint density at radius 2 is 1.82 bits per heavy atom. The van der Waals surface area contributed by atoms with Crippen LogP contribution < -0.4 is 14.8 Å². The van der Waals surface area contributed by atoms with Gasteiger partial charge in [-0.25, -0.2) is 9.98 Å². The molecule has 8 nitrogen and oxygen atoms in total. The maximum Gasteiger partial charge on any atom is 0.194 e. The van der Waals surface area contributed by atoms with Crippen LogP contribution in [0.4, 0.5) is 0 Å². The number of aromatic nitrogens is 3. The number of hydrogen-bond donors (Lipinski definition) is 2. The van der Waals surface area contributed by atoms with Crippen LogP contribution in [0.25, 0.3) is 11.4 Å². The molecule has 0 amide bonds.